The molecule has 2 N–H and O–H groups in total. The Labute approximate surface area is 148 Å². The summed E-state index contributed by atoms with van der Waals surface area (Å²) in [5.74, 6) is 2.00. The smallest absolute Gasteiger partial charge is 0.224 e. The molecule has 0 saturated carbocycles. The number of anilines is 1. The van der Waals surface area contributed by atoms with Crippen LogP contribution in [0.25, 0.3) is 0 Å². The number of hydrogen-bond acceptors (Lipinski definition) is 3. The Morgan fingerprint density at radius 2 is 1.68 bits per heavy atom. The van der Waals surface area contributed by atoms with Crippen molar-refractivity contribution in [3.8, 4) is 11.5 Å². The van der Waals surface area contributed by atoms with Gasteiger partial charge in [0.05, 0.1) is 5.69 Å². The first-order valence-corrected chi connectivity index (χ1v) is 9.14. The molecule has 2 fully saturated rings. The lowest BCUT2D eigenvalue weighted by atomic mass is 9.89. The lowest BCUT2D eigenvalue weighted by Crippen LogP contribution is -2.39. The summed E-state index contributed by atoms with van der Waals surface area (Å²) in [7, 11) is 0. The van der Waals surface area contributed by atoms with E-state index in [-0.39, 0.29) is 5.91 Å². The Hall–Kier alpha value is -2.33. The first kappa shape index (κ1) is 16.2. The Morgan fingerprint density at radius 1 is 1.00 bits per heavy atom. The minimum atomic E-state index is 0.0791. The number of fused-ring (bicyclic) bond motifs is 2. The average molecular weight is 336 g/mol. The molecule has 4 heteroatoms. The van der Waals surface area contributed by atoms with Gasteiger partial charge in [-0.15, -0.1) is 0 Å². The highest BCUT2D eigenvalue weighted by Crippen LogP contribution is 2.34. The Balaban J connectivity index is 1.39. The van der Waals surface area contributed by atoms with Crippen molar-refractivity contribution >= 4 is 11.6 Å². The highest BCUT2D eigenvalue weighted by Gasteiger charge is 2.34. The van der Waals surface area contributed by atoms with E-state index in [1.807, 2.05) is 54.6 Å². The van der Waals surface area contributed by atoms with Crippen LogP contribution in [0.5, 0.6) is 11.5 Å². The quantitative estimate of drug-likeness (QED) is 0.854. The van der Waals surface area contributed by atoms with Crippen molar-refractivity contribution in [2.75, 3.05) is 5.32 Å². The summed E-state index contributed by atoms with van der Waals surface area (Å²) in [5, 5.41) is 6.67. The SMILES string of the molecule is O=C(CC1CC2CCC(C1)N2)Nc1ccccc1Oc1ccccc1. The van der Waals surface area contributed by atoms with Crippen molar-refractivity contribution in [3.63, 3.8) is 0 Å². The molecule has 130 valence electrons. The fourth-order valence-electron chi connectivity index (χ4n) is 4.08. The molecular weight excluding hydrogens is 312 g/mol. The van der Waals surface area contributed by atoms with Gasteiger partial charge in [-0.2, -0.15) is 0 Å². The molecule has 0 aliphatic carbocycles. The maximum absolute atomic E-state index is 12.5. The first-order valence-electron chi connectivity index (χ1n) is 9.14. The molecule has 2 unspecified atom stereocenters. The number of benzene rings is 2. The van der Waals surface area contributed by atoms with Gasteiger partial charge >= 0.3 is 0 Å². The minimum Gasteiger partial charge on any atom is -0.455 e. The van der Waals surface area contributed by atoms with Gasteiger partial charge < -0.3 is 15.4 Å². The molecule has 0 aromatic heterocycles. The summed E-state index contributed by atoms with van der Waals surface area (Å²) in [6.07, 6.45) is 5.35. The third kappa shape index (κ3) is 4.02. The predicted octanol–water partition coefficient (Wildman–Crippen LogP) is 4.34. The average Bonchev–Trinajstić information content (AvgIpc) is 2.96. The summed E-state index contributed by atoms with van der Waals surface area (Å²) < 4.78 is 5.92. The Kier molecular flexibility index (Phi) is 4.70. The molecule has 2 bridgehead atoms. The molecule has 4 nitrogen and oxygen atoms in total. The zero-order chi connectivity index (χ0) is 17.1. The van der Waals surface area contributed by atoms with Gasteiger partial charge in [-0.1, -0.05) is 30.3 Å². The molecule has 1 amide bonds. The van der Waals surface area contributed by atoms with Crippen molar-refractivity contribution in [1.82, 2.24) is 5.32 Å². The van der Waals surface area contributed by atoms with Gasteiger partial charge in [-0.25, -0.2) is 0 Å². The largest absolute Gasteiger partial charge is 0.455 e. The normalized spacial score (nSPS) is 24.7. The minimum absolute atomic E-state index is 0.0791. The van der Waals surface area contributed by atoms with Gasteiger partial charge in [-0.05, 0) is 55.9 Å². The Bertz CT molecular complexity index is 720. The molecule has 2 heterocycles. The van der Waals surface area contributed by atoms with Crippen LogP contribution in [0.2, 0.25) is 0 Å². The Morgan fingerprint density at radius 3 is 2.44 bits per heavy atom. The standard InChI is InChI=1S/C21H24N2O2/c24-21(14-15-12-16-10-11-17(13-15)22-16)23-19-8-4-5-9-20(19)25-18-6-2-1-3-7-18/h1-9,15-17,22H,10-14H2,(H,23,24). The van der Waals surface area contributed by atoms with Crippen molar-refractivity contribution in [1.29, 1.82) is 0 Å². The third-order valence-electron chi connectivity index (χ3n) is 5.18. The first-order chi connectivity index (χ1) is 12.3. The predicted molar refractivity (Wildman–Crippen MR) is 98.9 cm³/mol. The summed E-state index contributed by atoms with van der Waals surface area (Å²) in [5.41, 5.74) is 0.730. The van der Waals surface area contributed by atoms with Gasteiger partial charge in [0.2, 0.25) is 5.91 Å². The number of carbonyl (C=O) groups is 1. The van der Waals surface area contributed by atoms with E-state index in [1.54, 1.807) is 0 Å². The lowest BCUT2D eigenvalue weighted by Gasteiger charge is -2.28. The number of amides is 1. The fourth-order valence-corrected chi connectivity index (χ4v) is 4.08. The van der Waals surface area contributed by atoms with Crippen LogP contribution in [0.4, 0.5) is 5.69 Å². The van der Waals surface area contributed by atoms with Crippen molar-refractivity contribution in [3.05, 3.63) is 54.6 Å². The number of ether oxygens (including phenoxy) is 1. The molecule has 2 aliphatic heterocycles. The number of hydrogen-bond donors (Lipinski definition) is 2. The molecular formula is C21H24N2O2. The van der Waals surface area contributed by atoms with Crippen molar-refractivity contribution in [2.45, 2.75) is 44.2 Å². The summed E-state index contributed by atoms with van der Waals surface area (Å²) in [6, 6.07) is 18.5. The summed E-state index contributed by atoms with van der Waals surface area (Å²) in [6.45, 7) is 0. The lowest BCUT2D eigenvalue weighted by molar-refractivity contribution is -0.117. The van der Waals surface area contributed by atoms with Crippen molar-refractivity contribution < 1.29 is 9.53 Å². The van der Waals surface area contributed by atoms with Crippen LogP contribution >= 0.6 is 0 Å². The number of nitrogens with one attached hydrogen (secondary N) is 2. The van der Waals surface area contributed by atoms with E-state index in [4.69, 9.17) is 4.74 Å². The van der Waals surface area contributed by atoms with E-state index in [0.717, 1.165) is 24.3 Å². The monoisotopic (exact) mass is 336 g/mol. The van der Waals surface area contributed by atoms with Crippen LogP contribution in [-0.2, 0) is 4.79 Å². The maximum atomic E-state index is 12.5. The van der Waals surface area contributed by atoms with Crippen LogP contribution in [0, 0.1) is 5.92 Å². The molecule has 25 heavy (non-hydrogen) atoms. The van der Waals surface area contributed by atoms with E-state index in [2.05, 4.69) is 10.6 Å². The van der Waals surface area contributed by atoms with Gasteiger partial charge in [-0.3, -0.25) is 4.79 Å². The summed E-state index contributed by atoms with van der Waals surface area (Å²) in [4.78, 5) is 12.5. The number of piperidine rings is 1. The number of carbonyl (C=O) groups excluding carboxylic acids is 1. The molecule has 4 rings (SSSR count). The second kappa shape index (κ2) is 7.28. The van der Waals surface area contributed by atoms with Crippen LogP contribution in [-0.4, -0.2) is 18.0 Å². The van der Waals surface area contributed by atoms with Crippen LogP contribution in [0.3, 0.4) is 0 Å². The van der Waals surface area contributed by atoms with Gasteiger partial charge in [0, 0.05) is 18.5 Å². The van der Waals surface area contributed by atoms with Gasteiger partial charge in [0.15, 0.2) is 5.75 Å². The van der Waals surface area contributed by atoms with E-state index in [1.165, 1.54) is 12.8 Å². The third-order valence-corrected chi connectivity index (χ3v) is 5.18. The maximum Gasteiger partial charge on any atom is 0.224 e. The fraction of sp³-hybridized carbons (Fsp3) is 0.381. The highest BCUT2D eigenvalue weighted by atomic mass is 16.5. The van der Waals surface area contributed by atoms with Crippen molar-refractivity contribution in [2.24, 2.45) is 5.92 Å². The number of para-hydroxylation sites is 3. The highest BCUT2D eigenvalue weighted by molar-refractivity contribution is 5.92. The molecule has 2 aromatic carbocycles. The van der Waals surface area contributed by atoms with E-state index in [9.17, 15) is 4.79 Å². The van der Waals surface area contributed by atoms with Crippen LogP contribution in [0.1, 0.15) is 32.1 Å². The molecule has 2 saturated heterocycles. The molecule has 2 atom stereocenters. The van der Waals surface area contributed by atoms with Gasteiger partial charge in [0.25, 0.3) is 0 Å². The van der Waals surface area contributed by atoms with E-state index < -0.39 is 0 Å². The zero-order valence-electron chi connectivity index (χ0n) is 14.3. The van der Waals surface area contributed by atoms with E-state index in [0.29, 0.717) is 30.2 Å². The van der Waals surface area contributed by atoms with E-state index >= 15 is 0 Å². The summed E-state index contributed by atoms with van der Waals surface area (Å²) >= 11 is 0. The molecule has 0 radical (unpaired) electrons. The zero-order valence-corrected chi connectivity index (χ0v) is 14.3. The topological polar surface area (TPSA) is 50.4 Å². The van der Waals surface area contributed by atoms with Gasteiger partial charge in [0.1, 0.15) is 5.75 Å². The second-order valence-corrected chi connectivity index (χ2v) is 7.14. The number of rotatable bonds is 5. The molecule has 2 aromatic rings. The van der Waals surface area contributed by atoms with Crippen LogP contribution in [0.15, 0.2) is 54.6 Å². The second-order valence-electron chi connectivity index (χ2n) is 7.14. The van der Waals surface area contributed by atoms with Crippen LogP contribution < -0.4 is 15.4 Å². The molecule has 2 aliphatic rings. The molecule has 0 spiro atoms.